The zero-order chi connectivity index (χ0) is 18.1. The van der Waals surface area contributed by atoms with Crippen LogP contribution in [0.1, 0.15) is 44.2 Å². The van der Waals surface area contributed by atoms with E-state index in [0.29, 0.717) is 17.7 Å². The Hall–Kier alpha value is -2.38. The van der Waals surface area contributed by atoms with E-state index in [1.54, 1.807) is 6.33 Å². The molecule has 140 valence electrons. The summed E-state index contributed by atoms with van der Waals surface area (Å²) in [7, 11) is 0. The van der Waals surface area contributed by atoms with Gasteiger partial charge in [0.25, 0.3) is 5.78 Å². The molecule has 26 heavy (non-hydrogen) atoms. The van der Waals surface area contributed by atoms with Crippen LogP contribution in [-0.4, -0.2) is 56.2 Å². The van der Waals surface area contributed by atoms with Gasteiger partial charge in [-0.05, 0) is 38.5 Å². The van der Waals surface area contributed by atoms with Crippen LogP contribution in [0.4, 0.5) is 10.6 Å². The molecule has 0 aromatic carbocycles. The van der Waals surface area contributed by atoms with E-state index < -0.39 is 0 Å². The van der Waals surface area contributed by atoms with Gasteiger partial charge in [0.05, 0.1) is 0 Å². The molecule has 8 heteroatoms. The lowest BCUT2D eigenvalue weighted by Crippen LogP contribution is -2.49. The molecular weight excluding hydrogens is 330 g/mol. The first-order valence-electron chi connectivity index (χ1n) is 9.62. The van der Waals surface area contributed by atoms with Crippen molar-refractivity contribution in [1.82, 2.24) is 24.5 Å². The molecule has 0 spiro atoms. The Morgan fingerprint density at radius 1 is 1.15 bits per heavy atom. The predicted molar refractivity (Wildman–Crippen MR) is 99.0 cm³/mol. The molecule has 0 radical (unpaired) electrons. The van der Waals surface area contributed by atoms with E-state index in [2.05, 4.69) is 26.0 Å². The van der Waals surface area contributed by atoms with Crippen LogP contribution in [0, 0.1) is 12.8 Å². The summed E-state index contributed by atoms with van der Waals surface area (Å²) in [5.74, 6) is 2.22. The molecule has 2 saturated heterocycles. The highest BCUT2D eigenvalue weighted by molar-refractivity contribution is 5.72. The Bertz CT molecular complexity index is 781. The zero-order valence-corrected chi connectivity index (χ0v) is 15.3. The molecule has 1 atom stereocenters. The number of rotatable bonds is 2. The zero-order valence-electron chi connectivity index (χ0n) is 15.3. The smallest absolute Gasteiger partial charge is 0.315 e. The van der Waals surface area contributed by atoms with E-state index in [-0.39, 0.29) is 6.03 Å². The summed E-state index contributed by atoms with van der Waals surface area (Å²) in [6.07, 6.45) is 8.21. The normalized spacial score (nSPS) is 22.6. The van der Waals surface area contributed by atoms with Gasteiger partial charge in [-0.2, -0.15) is 14.6 Å². The van der Waals surface area contributed by atoms with Crippen molar-refractivity contribution in [3.63, 3.8) is 0 Å². The molecule has 4 heterocycles. The Balaban J connectivity index is 1.49. The van der Waals surface area contributed by atoms with Crippen LogP contribution in [0.2, 0.25) is 0 Å². The summed E-state index contributed by atoms with van der Waals surface area (Å²) in [4.78, 5) is 24.8. The number of hydrogen-bond acceptors (Lipinski definition) is 5. The van der Waals surface area contributed by atoms with Crippen LogP contribution in [0.3, 0.4) is 0 Å². The number of fused-ring (bicyclic) bond motifs is 1. The number of urea groups is 1. The summed E-state index contributed by atoms with van der Waals surface area (Å²) in [5.41, 5.74) is 6.62. The molecule has 0 aliphatic carbocycles. The van der Waals surface area contributed by atoms with Crippen molar-refractivity contribution in [2.75, 3.05) is 24.5 Å². The van der Waals surface area contributed by atoms with Crippen LogP contribution in [-0.2, 0) is 0 Å². The first-order chi connectivity index (χ1) is 12.6. The van der Waals surface area contributed by atoms with Gasteiger partial charge in [-0.3, -0.25) is 0 Å². The van der Waals surface area contributed by atoms with Gasteiger partial charge in [0.15, 0.2) is 0 Å². The Morgan fingerprint density at radius 2 is 1.96 bits per heavy atom. The standard InChI is InChI=1S/C18H27N7O/c1-13-11-16(25-18(22-13)20-12-21-25)23-9-6-14(7-10-23)15-5-3-2-4-8-24(15)17(19)26/h11-12,14-15H,2-10H2,1H3,(H2,19,26). The van der Waals surface area contributed by atoms with Gasteiger partial charge in [0.2, 0.25) is 0 Å². The monoisotopic (exact) mass is 357 g/mol. The number of primary amides is 1. The number of aromatic nitrogens is 4. The number of nitrogens with zero attached hydrogens (tertiary/aromatic N) is 6. The van der Waals surface area contributed by atoms with Gasteiger partial charge in [0, 0.05) is 37.4 Å². The highest BCUT2D eigenvalue weighted by atomic mass is 16.2. The van der Waals surface area contributed by atoms with Gasteiger partial charge in [-0.1, -0.05) is 12.8 Å². The van der Waals surface area contributed by atoms with E-state index in [4.69, 9.17) is 5.73 Å². The van der Waals surface area contributed by atoms with E-state index in [1.807, 2.05) is 16.3 Å². The van der Waals surface area contributed by atoms with Gasteiger partial charge in [0.1, 0.15) is 12.1 Å². The van der Waals surface area contributed by atoms with Crippen molar-refractivity contribution in [3.05, 3.63) is 18.1 Å². The van der Waals surface area contributed by atoms with Crippen molar-refractivity contribution < 1.29 is 4.79 Å². The highest BCUT2D eigenvalue weighted by Gasteiger charge is 2.33. The van der Waals surface area contributed by atoms with Crippen molar-refractivity contribution in [1.29, 1.82) is 0 Å². The van der Waals surface area contributed by atoms with Crippen LogP contribution in [0.5, 0.6) is 0 Å². The van der Waals surface area contributed by atoms with Crippen LogP contribution in [0.15, 0.2) is 12.4 Å². The molecule has 2 aromatic heterocycles. The Morgan fingerprint density at radius 3 is 2.73 bits per heavy atom. The molecule has 2 fully saturated rings. The van der Waals surface area contributed by atoms with Crippen molar-refractivity contribution in [3.8, 4) is 0 Å². The molecule has 0 saturated carbocycles. The number of aryl methyl sites for hydroxylation is 1. The van der Waals surface area contributed by atoms with Crippen LogP contribution in [0.25, 0.3) is 5.78 Å². The van der Waals surface area contributed by atoms with Crippen molar-refractivity contribution in [2.24, 2.45) is 11.7 Å². The third-order valence-corrected chi connectivity index (χ3v) is 5.85. The Labute approximate surface area is 153 Å². The van der Waals surface area contributed by atoms with Gasteiger partial charge < -0.3 is 15.5 Å². The second kappa shape index (κ2) is 7.09. The molecule has 2 amide bonds. The SMILES string of the molecule is Cc1cc(N2CCC(C3CCCCCN3C(N)=O)CC2)n2ncnc2n1. The molecule has 4 rings (SSSR count). The number of nitrogens with two attached hydrogens (primary N) is 1. The lowest BCUT2D eigenvalue weighted by atomic mass is 9.86. The number of hydrogen-bond donors (Lipinski definition) is 1. The summed E-state index contributed by atoms with van der Waals surface area (Å²) in [6.45, 7) is 4.70. The first kappa shape index (κ1) is 17.1. The molecular formula is C18H27N7O. The number of piperidine rings is 1. The number of carbonyl (C=O) groups is 1. The summed E-state index contributed by atoms with van der Waals surface area (Å²) in [5, 5.41) is 4.32. The fourth-order valence-corrected chi connectivity index (χ4v) is 4.55. The number of carbonyl (C=O) groups excluding carboxylic acids is 1. The fraction of sp³-hybridized carbons (Fsp3) is 0.667. The third-order valence-electron chi connectivity index (χ3n) is 5.85. The summed E-state index contributed by atoms with van der Waals surface area (Å²) < 4.78 is 1.81. The predicted octanol–water partition coefficient (Wildman–Crippen LogP) is 1.97. The Kier molecular flexibility index (Phi) is 4.65. The number of amides is 2. The van der Waals surface area contributed by atoms with E-state index in [0.717, 1.165) is 56.8 Å². The van der Waals surface area contributed by atoms with Gasteiger partial charge in [-0.15, -0.1) is 0 Å². The maximum absolute atomic E-state index is 11.9. The lowest BCUT2D eigenvalue weighted by Gasteiger charge is -2.40. The first-order valence-corrected chi connectivity index (χ1v) is 9.62. The average molecular weight is 357 g/mol. The summed E-state index contributed by atoms with van der Waals surface area (Å²) >= 11 is 0. The topological polar surface area (TPSA) is 92.7 Å². The minimum atomic E-state index is -0.256. The number of anilines is 1. The second-order valence-corrected chi connectivity index (χ2v) is 7.50. The quantitative estimate of drug-likeness (QED) is 0.887. The third kappa shape index (κ3) is 3.20. The molecule has 2 aromatic rings. The molecule has 2 aliphatic heterocycles. The van der Waals surface area contributed by atoms with Crippen LogP contribution >= 0.6 is 0 Å². The van der Waals surface area contributed by atoms with Crippen LogP contribution < -0.4 is 10.6 Å². The maximum atomic E-state index is 11.9. The highest BCUT2D eigenvalue weighted by Crippen LogP contribution is 2.31. The largest absolute Gasteiger partial charge is 0.356 e. The molecule has 8 nitrogen and oxygen atoms in total. The van der Waals surface area contributed by atoms with Gasteiger partial charge >= 0.3 is 6.03 Å². The van der Waals surface area contributed by atoms with Crippen molar-refractivity contribution in [2.45, 2.75) is 51.5 Å². The van der Waals surface area contributed by atoms with E-state index in [9.17, 15) is 4.79 Å². The van der Waals surface area contributed by atoms with Crippen molar-refractivity contribution >= 4 is 17.6 Å². The lowest BCUT2D eigenvalue weighted by molar-refractivity contribution is 0.143. The second-order valence-electron chi connectivity index (χ2n) is 7.50. The average Bonchev–Trinajstić information content (AvgIpc) is 2.96. The van der Waals surface area contributed by atoms with E-state index in [1.165, 1.54) is 12.8 Å². The van der Waals surface area contributed by atoms with Gasteiger partial charge in [-0.25, -0.2) is 9.78 Å². The fourth-order valence-electron chi connectivity index (χ4n) is 4.55. The maximum Gasteiger partial charge on any atom is 0.315 e. The summed E-state index contributed by atoms with van der Waals surface area (Å²) in [6, 6.07) is 2.11. The minimum Gasteiger partial charge on any atom is -0.356 e. The molecule has 2 aliphatic rings. The minimum absolute atomic E-state index is 0.256. The molecule has 0 bridgehead atoms. The molecule has 1 unspecified atom stereocenters. The number of likely N-dealkylation sites (tertiary alicyclic amines) is 1. The van der Waals surface area contributed by atoms with E-state index >= 15 is 0 Å². The molecule has 2 N–H and O–H groups in total.